The molecule has 0 unspecified atom stereocenters. The van der Waals surface area contributed by atoms with Gasteiger partial charge in [0.2, 0.25) is 0 Å². The highest BCUT2D eigenvalue weighted by molar-refractivity contribution is 6.07. The van der Waals surface area contributed by atoms with Crippen molar-refractivity contribution < 1.29 is 9.53 Å². The van der Waals surface area contributed by atoms with Crippen LogP contribution in [0.15, 0.2) is 29.5 Å². The van der Waals surface area contributed by atoms with Crippen molar-refractivity contribution in [2.24, 2.45) is 5.92 Å². The van der Waals surface area contributed by atoms with E-state index < -0.39 is 0 Å². The van der Waals surface area contributed by atoms with Crippen LogP contribution in [0.3, 0.4) is 0 Å². The molecule has 0 saturated carbocycles. The number of hydrogen-bond acceptors (Lipinski definition) is 2. The normalized spacial score (nSPS) is 15.5. The number of ether oxygens (including phenoxy) is 1. The van der Waals surface area contributed by atoms with Gasteiger partial charge in [-0.15, -0.1) is 0 Å². The number of rotatable bonds is 5. The highest BCUT2D eigenvalue weighted by atomic mass is 16.5. The summed E-state index contributed by atoms with van der Waals surface area (Å²) in [5.74, 6) is 1.32. The molecule has 1 amide bonds. The maximum absolute atomic E-state index is 13.0. The Morgan fingerprint density at radius 2 is 1.77 bits per heavy atom. The first-order valence-electron chi connectivity index (χ1n) is 8.24. The van der Waals surface area contributed by atoms with E-state index in [1.165, 1.54) is 11.1 Å². The summed E-state index contributed by atoms with van der Waals surface area (Å²) >= 11 is 0. The molecule has 2 rings (SSSR count). The Balaban J connectivity index is 2.45. The van der Waals surface area contributed by atoms with Gasteiger partial charge in [0.05, 0.1) is 11.3 Å². The summed E-state index contributed by atoms with van der Waals surface area (Å²) < 4.78 is 5.81. The molecule has 1 aliphatic heterocycles. The van der Waals surface area contributed by atoms with Crippen LogP contribution in [-0.4, -0.2) is 12.6 Å². The van der Waals surface area contributed by atoms with E-state index >= 15 is 0 Å². The van der Waals surface area contributed by atoms with Crippen LogP contribution in [0.2, 0.25) is 0 Å². The Kier molecular flexibility index (Phi) is 5.28. The lowest BCUT2D eigenvalue weighted by atomic mass is 9.97. The van der Waals surface area contributed by atoms with E-state index in [1.54, 1.807) is 0 Å². The summed E-state index contributed by atoms with van der Waals surface area (Å²) in [5.41, 5.74) is 4.28. The highest BCUT2D eigenvalue weighted by Crippen LogP contribution is 2.32. The maximum atomic E-state index is 13.0. The van der Waals surface area contributed by atoms with Crippen LogP contribution in [0.1, 0.15) is 52.2 Å². The van der Waals surface area contributed by atoms with E-state index in [0.29, 0.717) is 12.6 Å². The van der Waals surface area contributed by atoms with Gasteiger partial charge in [0.25, 0.3) is 5.91 Å². The van der Waals surface area contributed by atoms with Gasteiger partial charge in [0.1, 0.15) is 5.76 Å². The van der Waals surface area contributed by atoms with E-state index in [0.717, 1.165) is 36.3 Å². The number of hydrogen-bond donors (Lipinski definition) is 0. The van der Waals surface area contributed by atoms with Crippen molar-refractivity contribution in [2.45, 2.75) is 53.9 Å². The van der Waals surface area contributed by atoms with Gasteiger partial charge >= 0.3 is 0 Å². The Labute approximate surface area is 134 Å². The van der Waals surface area contributed by atoms with Crippen LogP contribution in [0.25, 0.3) is 0 Å². The molecular weight excluding hydrogens is 274 g/mol. The molecule has 0 aliphatic carbocycles. The number of allylic oxidation sites excluding steroid dienone is 1. The summed E-state index contributed by atoms with van der Waals surface area (Å²) in [5, 5.41) is 0. The van der Waals surface area contributed by atoms with E-state index in [-0.39, 0.29) is 5.91 Å². The lowest BCUT2D eigenvalue weighted by molar-refractivity contribution is -0.117. The van der Waals surface area contributed by atoms with Crippen molar-refractivity contribution >= 4 is 11.6 Å². The number of carbonyl (C=O) groups excluding carboxylic acids is 1. The predicted octanol–water partition coefficient (Wildman–Crippen LogP) is 4.45. The van der Waals surface area contributed by atoms with Crippen molar-refractivity contribution in [1.82, 2.24) is 0 Å². The largest absolute Gasteiger partial charge is 0.477 e. The Morgan fingerprint density at radius 3 is 2.27 bits per heavy atom. The second kappa shape index (κ2) is 6.99. The molecule has 0 radical (unpaired) electrons. The van der Waals surface area contributed by atoms with Gasteiger partial charge < -0.3 is 4.74 Å². The van der Waals surface area contributed by atoms with Gasteiger partial charge in [0.15, 0.2) is 6.73 Å². The average Bonchev–Trinajstić information content (AvgIpc) is 2.50. The van der Waals surface area contributed by atoms with Gasteiger partial charge in [-0.05, 0) is 43.2 Å². The van der Waals surface area contributed by atoms with Gasteiger partial charge in [-0.25, -0.2) is 0 Å². The molecule has 3 nitrogen and oxygen atoms in total. The van der Waals surface area contributed by atoms with Crippen molar-refractivity contribution in [3.63, 3.8) is 0 Å². The minimum absolute atomic E-state index is 0.105. The molecule has 1 aromatic carbocycles. The lowest BCUT2D eigenvalue weighted by Gasteiger charge is -2.33. The molecule has 0 spiro atoms. The van der Waals surface area contributed by atoms with Crippen LogP contribution < -0.4 is 4.90 Å². The number of carbonyl (C=O) groups is 1. The van der Waals surface area contributed by atoms with Crippen LogP contribution in [0.4, 0.5) is 5.69 Å². The number of para-hydroxylation sites is 1. The smallest absolute Gasteiger partial charge is 0.260 e. The summed E-state index contributed by atoms with van der Waals surface area (Å²) in [6.45, 7) is 10.7. The molecule has 1 heterocycles. The topological polar surface area (TPSA) is 29.5 Å². The van der Waals surface area contributed by atoms with Gasteiger partial charge in [-0.3, -0.25) is 9.69 Å². The van der Waals surface area contributed by atoms with Crippen molar-refractivity contribution in [2.75, 3.05) is 11.6 Å². The van der Waals surface area contributed by atoms with Gasteiger partial charge in [-0.2, -0.15) is 0 Å². The monoisotopic (exact) mass is 301 g/mol. The minimum Gasteiger partial charge on any atom is -0.477 e. The molecule has 0 aromatic heterocycles. The van der Waals surface area contributed by atoms with Crippen molar-refractivity contribution in [1.29, 1.82) is 0 Å². The number of nitrogens with zero attached hydrogens (tertiary/aromatic N) is 1. The second-order valence-corrected chi connectivity index (χ2v) is 6.27. The van der Waals surface area contributed by atoms with Crippen LogP contribution in [-0.2, 0) is 22.4 Å². The molecule has 0 N–H and O–H groups in total. The maximum Gasteiger partial charge on any atom is 0.260 e. The summed E-state index contributed by atoms with van der Waals surface area (Å²) in [6.07, 6.45) is 2.58. The molecule has 0 fully saturated rings. The molecule has 3 heteroatoms. The quantitative estimate of drug-likeness (QED) is 0.804. The third kappa shape index (κ3) is 3.18. The zero-order chi connectivity index (χ0) is 16.3. The minimum atomic E-state index is 0.105. The SMILES string of the molecule is CCc1cccc(CC)c1N1COC(C)=C(CC(C)C)C1=O. The van der Waals surface area contributed by atoms with E-state index in [4.69, 9.17) is 4.74 Å². The number of benzene rings is 1. The molecule has 22 heavy (non-hydrogen) atoms. The van der Waals surface area contributed by atoms with Gasteiger partial charge in [-0.1, -0.05) is 45.9 Å². The Hall–Kier alpha value is -1.77. The standard InChI is InChI=1S/C19H27NO2/c1-6-15-9-8-10-16(7-2)18(15)20-12-22-14(5)17(19(20)21)11-13(3)4/h8-10,13H,6-7,11-12H2,1-5H3. The summed E-state index contributed by atoms with van der Waals surface area (Å²) in [7, 11) is 0. The Morgan fingerprint density at radius 1 is 1.18 bits per heavy atom. The lowest BCUT2D eigenvalue weighted by Crippen LogP contribution is -2.40. The first-order chi connectivity index (χ1) is 10.5. The van der Waals surface area contributed by atoms with E-state index in [9.17, 15) is 4.79 Å². The second-order valence-electron chi connectivity index (χ2n) is 6.27. The van der Waals surface area contributed by atoms with Crippen LogP contribution in [0.5, 0.6) is 0 Å². The van der Waals surface area contributed by atoms with Crippen molar-refractivity contribution in [3.8, 4) is 0 Å². The van der Waals surface area contributed by atoms with E-state index in [1.807, 2.05) is 11.8 Å². The van der Waals surface area contributed by atoms with E-state index in [2.05, 4.69) is 45.9 Å². The molecule has 1 aliphatic rings. The average molecular weight is 301 g/mol. The Bertz CT molecular complexity index is 565. The van der Waals surface area contributed by atoms with Gasteiger partial charge in [0, 0.05) is 0 Å². The summed E-state index contributed by atoms with van der Waals surface area (Å²) in [6, 6.07) is 6.29. The molecule has 0 atom stereocenters. The first kappa shape index (κ1) is 16.6. The molecule has 0 bridgehead atoms. The fourth-order valence-corrected chi connectivity index (χ4v) is 2.99. The number of anilines is 1. The number of amides is 1. The first-order valence-corrected chi connectivity index (χ1v) is 8.24. The fraction of sp³-hybridized carbons (Fsp3) is 0.526. The van der Waals surface area contributed by atoms with Crippen LogP contribution in [0, 0.1) is 5.92 Å². The number of aryl methyl sites for hydroxylation is 2. The third-order valence-corrected chi connectivity index (χ3v) is 4.19. The third-order valence-electron chi connectivity index (χ3n) is 4.19. The highest BCUT2D eigenvalue weighted by Gasteiger charge is 2.30. The summed E-state index contributed by atoms with van der Waals surface area (Å²) in [4.78, 5) is 14.8. The molecule has 120 valence electrons. The van der Waals surface area contributed by atoms with Crippen LogP contribution >= 0.6 is 0 Å². The molecular formula is C19H27NO2. The zero-order valence-electron chi connectivity index (χ0n) is 14.4. The zero-order valence-corrected chi connectivity index (χ0v) is 14.4. The fourth-order valence-electron chi connectivity index (χ4n) is 2.99. The van der Waals surface area contributed by atoms with Crippen molar-refractivity contribution in [3.05, 3.63) is 40.7 Å². The molecule has 0 saturated heterocycles. The predicted molar refractivity (Wildman–Crippen MR) is 90.8 cm³/mol. The molecule has 1 aromatic rings.